The van der Waals surface area contributed by atoms with E-state index in [4.69, 9.17) is 5.73 Å². The van der Waals surface area contributed by atoms with Gasteiger partial charge >= 0.3 is 0 Å². The number of aromatic nitrogens is 1. The molecule has 1 atom stereocenters. The first-order chi connectivity index (χ1) is 8.08. The number of hydrogen-bond acceptors (Lipinski definition) is 2. The van der Waals surface area contributed by atoms with Crippen LogP contribution >= 0.6 is 0 Å². The molecule has 88 valence electrons. The standard InChI is InChI=1S/C13H12F2N2/c1-8-2-3-9(6-11(8)15)13(16)12-5-4-10(14)7-17-12/h2-7,13H,16H2,1H3. The molecule has 1 heterocycles. The molecule has 2 aromatic rings. The number of halogens is 2. The number of pyridine rings is 1. The van der Waals surface area contributed by atoms with E-state index < -0.39 is 11.9 Å². The summed E-state index contributed by atoms with van der Waals surface area (Å²) in [6.07, 6.45) is 1.10. The molecule has 0 aliphatic rings. The van der Waals surface area contributed by atoms with Crippen molar-refractivity contribution in [2.45, 2.75) is 13.0 Å². The molecule has 0 aliphatic carbocycles. The Morgan fingerprint density at radius 3 is 2.53 bits per heavy atom. The Balaban J connectivity index is 2.33. The largest absolute Gasteiger partial charge is 0.319 e. The second-order valence-corrected chi connectivity index (χ2v) is 3.89. The van der Waals surface area contributed by atoms with Crippen molar-refractivity contribution in [3.8, 4) is 0 Å². The fraction of sp³-hybridized carbons (Fsp3) is 0.154. The molecular formula is C13H12F2N2. The van der Waals surface area contributed by atoms with Crippen LogP contribution in [-0.4, -0.2) is 4.98 Å². The van der Waals surface area contributed by atoms with Crippen molar-refractivity contribution < 1.29 is 8.78 Å². The average Bonchev–Trinajstić information content (AvgIpc) is 2.33. The second-order valence-electron chi connectivity index (χ2n) is 3.89. The lowest BCUT2D eigenvalue weighted by Gasteiger charge is -2.12. The number of rotatable bonds is 2. The zero-order valence-electron chi connectivity index (χ0n) is 9.32. The fourth-order valence-corrected chi connectivity index (χ4v) is 1.54. The minimum atomic E-state index is -0.550. The third-order valence-electron chi connectivity index (χ3n) is 2.62. The molecule has 1 unspecified atom stereocenters. The van der Waals surface area contributed by atoms with E-state index in [1.54, 1.807) is 19.1 Å². The molecule has 0 amide bonds. The van der Waals surface area contributed by atoms with Crippen LogP contribution in [0.4, 0.5) is 8.78 Å². The maximum absolute atomic E-state index is 13.4. The van der Waals surface area contributed by atoms with Crippen molar-refractivity contribution in [1.82, 2.24) is 4.98 Å². The highest BCUT2D eigenvalue weighted by Crippen LogP contribution is 2.20. The molecular weight excluding hydrogens is 222 g/mol. The molecule has 1 aromatic heterocycles. The highest BCUT2D eigenvalue weighted by atomic mass is 19.1. The van der Waals surface area contributed by atoms with Crippen molar-refractivity contribution in [3.63, 3.8) is 0 Å². The summed E-state index contributed by atoms with van der Waals surface area (Å²) in [6, 6.07) is 7.02. The Bertz CT molecular complexity index is 523. The van der Waals surface area contributed by atoms with Crippen LogP contribution in [0.1, 0.15) is 22.9 Å². The van der Waals surface area contributed by atoms with Gasteiger partial charge in [-0.25, -0.2) is 8.78 Å². The van der Waals surface area contributed by atoms with E-state index in [0.29, 0.717) is 16.8 Å². The summed E-state index contributed by atoms with van der Waals surface area (Å²) in [5.74, 6) is -0.726. The summed E-state index contributed by atoms with van der Waals surface area (Å²) in [7, 11) is 0. The maximum Gasteiger partial charge on any atom is 0.141 e. The Kier molecular flexibility index (Phi) is 3.15. The molecule has 1 aromatic carbocycles. The molecule has 0 aliphatic heterocycles. The van der Waals surface area contributed by atoms with Gasteiger partial charge in [-0.2, -0.15) is 0 Å². The first-order valence-corrected chi connectivity index (χ1v) is 5.21. The van der Waals surface area contributed by atoms with Crippen molar-refractivity contribution in [1.29, 1.82) is 0 Å². The number of benzene rings is 1. The number of nitrogens with two attached hydrogens (primary N) is 1. The van der Waals surface area contributed by atoms with E-state index >= 15 is 0 Å². The molecule has 2 nitrogen and oxygen atoms in total. The quantitative estimate of drug-likeness (QED) is 0.867. The molecule has 2 rings (SSSR count). The van der Waals surface area contributed by atoms with E-state index in [1.165, 1.54) is 18.2 Å². The Morgan fingerprint density at radius 1 is 1.18 bits per heavy atom. The second kappa shape index (κ2) is 4.59. The topological polar surface area (TPSA) is 38.9 Å². The van der Waals surface area contributed by atoms with E-state index in [1.807, 2.05) is 0 Å². The van der Waals surface area contributed by atoms with Gasteiger partial charge in [-0.1, -0.05) is 12.1 Å². The zero-order chi connectivity index (χ0) is 12.4. The van der Waals surface area contributed by atoms with Gasteiger partial charge < -0.3 is 5.73 Å². The van der Waals surface area contributed by atoms with E-state index in [9.17, 15) is 8.78 Å². The van der Waals surface area contributed by atoms with Crippen LogP contribution in [0.25, 0.3) is 0 Å². The van der Waals surface area contributed by atoms with Gasteiger partial charge in [0.05, 0.1) is 17.9 Å². The lowest BCUT2D eigenvalue weighted by molar-refractivity contribution is 0.610. The smallest absolute Gasteiger partial charge is 0.141 e. The highest BCUT2D eigenvalue weighted by Gasteiger charge is 2.11. The highest BCUT2D eigenvalue weighted by molar-refractivity contribution is 5.30. The predicted octanol–water partition coefficient (Wildman–Crippen LogP) is 2.72. The third kappa shape index (κ3) is 2.47. The Morgan fingerprint density at radius 2 is 1.94 bits per heavy atom. The van der Waals surface area contributed by atoms with Crippen LogP contribution in [0.3, 0.4) is 0 Å². The lowest BCUT2D eigenvalue weighted by atomic mass is 10.0. The van der Waals surface area contributed by atoms with Crippen LogP contribution in [-0.2, 0) is 0 Å². The van der Waals surface area contributed by atoms with Gasteiger partial charge in [0.1, 0.15) is 11.6 Å². The van der Waals surface area contributed by atoms with E-state index in [0.717, 1.165) is 6.20 Å². The first kappa shape index (κ1) is 11.7. The summed E-state index contributed by atoms with van der Waals surface area (Å²) >= 11 is 0. The van der Waals surface area contributed by atoms with Gasteiger partial charge in [0, 0.05) is 0 Å². The summed E-state index contributed by atoms with van der Waals surface area (Å²) in [6.45, 7) is 1.68. The predicted molar refractivity (Wildman–Crippen MR) is 61.4 cm³/mol. The molecule has 4 heteroatoms. The first-order valence-electron chi connectivity index (χ1n) is 5.21. The Labute approximate surface area is 98.1 Å². The number of aryl methyl sites for hydroxylation is 1. The molecule has 2 N–H and O–H groups in total. The lowest BCUT2D eigenvalue weighted by Crippen LogP contribution is -2.13. The molecule has 17 heavy (non-hydrogen) atoms. The van der Waals surface area contributed by atoms with Crippen molar-refractivity contribution in [3.05, 3.63) is 65.0 Å². The Hall–Kier alpha value is -1.81. The number of hydrogen-bond donors (Lipinski definition) is 1. The molecule has 0 fully saturated rings. The summed E-state index contributed by atoms with van der Waals surface area (Å²) in [5, 5.41) is 0. The summed E-state index contributed by atoms with van der Waals surface area (Å²) in [4.78, 5) is 3.88. The monoisotopic (exact) mass is 234 g/mol. The van der Waals surface area contributed by atoms with E-state index in [2.05, 4.69) is 4.98 Å². The normalized spacial score (nSPS) is 12.5. The third-order valence-corrected chi connectivity index (χ3v) is 2.62. The van der Waals surface area contributed by atoms with Crippen LogP contribution in [0.15, 0.2) is 36.5 Å². The van der Waals surface area contributed by atoms with Crippen LogP contribution < -0.4 is 5.73 Å². The average molecular weight is 234 g/mol. The zero-order valence-corrected chi connectivity index (χ0v) is 9.32. The van der Waals surface area contributed by atoms with Gasteiger partial charge in [-0.05, 0) is 36.2 Å². The summed E-state index contributed by atoms with van der Waals surface area (Å²) < 4.78 is 26.1. The van der Waals surface area contributed by atoms with Crippen LogP contribution in [0, 0.1) is 18.6 Å². The SMILES string of the molecule is Cc1ccc(C(N)c2ccc(F)cn2)cc1F. The minimum Gasteiger partial charge on any atom is -0.319 e. The van der Waals surface area contributed by atoms with Crippen molar-refractivity contribution >= 4 is 0 Å². The fourth-order valence-electron chi connectivity index (χ4n) is 1.54. The molecule has 0 radical (unpaired) electrons. The van der Waals surface area contributed by atoms with Crippen LogP contribution in [0.5, 0.6) is 0 Å². The minimum absolute atomic E-state index is 0.305. The van der Waals surface area contributed by atoms with Gasteiger partial charge in [-0.3, -0.25) is 4.98 Å². The number of nitrogens with zero attached hydrogens (tertiary/aromatic N) is 1. The molecule has 0 saturated heterocycles. The molecule has 0 saturated carbocycles. The maximum atomic E-state index is 13.4. The van der Waals surface area contributed by atoms with Gasteiger partial charge in [0.15, 0.2) is 0 Å². The van der Waals surface area contributed by atoms with E-state index in [-0.39, 0.29) is 5.82 Å². The molecule has 0 bridgehead atoms. The van der Waals surface area contributed by atoms with Crippen LogP contribution in [0.2, 0.25) is 0 Å². The van der Waals surface area contributed by atoms with Gasteiger partial charge in [0.25, 0.3) is 0 Å². The summed E-state index contributed by atoms with van der Waals surface area (Å²) in [5.41, 5.74) is 7.62. The van der Waals surface area contributed by atoms with Crippen molar-refractivity contribution in [2.75, 3.05) is 0 Å². The van der Waals surface area contributed by atoms with Gasteiger partial charge in [-0.15, -0.1) is 0 Å². The molecule has 0 spiro atoms. The van der Waals surface area contributed by atoms with Crippen molar-refractivity contribution in [2.24, 2.45) is 5.73 Å². The van der Waals surface area contributed by atoms with Gasteiger partial charge in [0.2, 0.25) is 0 Å².